The summed E-state index contributed by atoms with van der Waals surface area (Å²) in [7, 11) is 0. The van der Waals surface area contributed by atoms with Crippen LogP contribution in [-0.2, 0) is 6.42 Å². The number of benzene rings is 2. The van der Waals surface area contributed by atoms with E-state index in [0.29, 0.717) is 47.6 Å². The molecule has 0 atom stereocenters. The lowest BCUT2D eigenvalue weighted by atomic mass is 10.2. The third-order valence-electron chi connectivity index (χ3n) is 5.29. The van der Waals surface area contributed by atoms with E-state index in [4.69, 9.17) is 9.93 Å². The van der Waals surface area contributed by atoms with Crippen LogP contribution in [0.1, 0.15) is 17.3 Å². The van der Waals surface area contributed by atoms with Gasteiger partial charge in [-0.2, -0.15) is 4.98 Å². The van der Waals surface area contributed by atoms with Crippen LogP contribution in [0, 0.1) is 5.41 Å². The molecule has 0 amide bonds. The highest BCUT2D eigenvalue weighted by Gasteiger charge is 2.30. The van der Waals surface area contributed by atoms with Crippen LogP contribution < -0.4 is 0 Å². The molecule has 0 aliphatic carbocycles. The van der Waals surface area contributed by atoms with Crippen molar-refractivity contribution in [3.05, 3.63) is 82.7 Å². The highest BCUT2D eigenvalue weighted by Crippen LogP contribution is 2.32. The lowest BCUT2D eigenvalue weighted by molar-refractivity contribution is 0.337. The number of aliphatic hydroxyl groups excluding tert-OH is 1. The first-order valence-corrected chi connectivity index (χ1v) is 11.2. The fourth-order valence-electron chi connectivity index (χ4n) is 3.66. The zero-order valence-electron chi connectivity index (χ0n) is 17.2. The summed E-state index contributed by atoms with van der Waals surface area (Å²) in [6, 6.07) is 19.6. The number of rotatable bonds is 7. The molecule has 5 rings (SSSR count). The number of aliphatic hydroxyl groups is 1. The number of nitrogens with one attached hydrogen (secondary N) is 1. The third kappa shape index (κ3) is 4.04. The number of hydrogen-bond acceptors (Lipinski definition) is 7. The van der Waals surface area contributed by atoms with Gasteiger partial charge < -0.3 is 14.5 Å². The predicted octanol–water partition coefficient (Wildman–Crippen LogP) is 5.05. The molecule has 2 aromatic carbocycles. The average molecular weight is 444 g/mol. The second kappa shape index (κ2) is 8.76. The Hall–Kier alpha value is -3.78. The number of amidine groups is 1. The minimum Gasteiger partial charge on any atom is -0.510 e. The van der Waals surface area contributed by atoms with Gasteiger partial charge in [-0.1, -0.05) is 65.8 Å². The zero-order valence-corrected chi connectivity index (χ0v) is 18.0. The monoisotopic (exact) mass is 443 g/mol. The molecule has 7 nitrogen and oxygen atoms in total. The van der Waals surface area contributed by atoms with Crippen molar-refractivity contribution in [3.8, 4) is 22.6 Å². The Kier molecular flexibility index (Phi) is 5.51. The Morgan fingerprint density at radius 3 is 2.47 bits per heavy atom. The molecule has 3 heterocycles. The number of thiazole rings is 1. The molecule has 1 aliphatic rings. The first-order valence-electron chi connectivity index (χ1n) is 10.3. The summed E-state index contributed by atoms with van der Waals surface area (Å²) in [6.45, 7) is 0.917. The van der Waals surface area contributed by atoms with Crippen LogP contribution in [0.4, 0.5) is 0 Å². The molecule has 1 aliphatic heterocycles. The molecule has 2 aromatic heterocycles. The largest absolute Gasteiger partial charge is 0.510 e. The maximum absolute atomic E-state index is 10.5. The Bertz CT molecular complexity index is 1260. The minimum atomic E-state index is 0.188. The number of aryl methyl sites for hydroxylation is 1. The first kappa shape index (κ1) is 20.1. The summed E-state index contributed by atoms with van der Waals surface area (Å²) < 4.78 is 5.37. The van der Waals surface area contributed by atoms with E-state index < -0.39 is 0 Å². The van der Waals surface area contributed by atoms with Gasteiger partial charge in [0.05, 0.1) is 17.8 Å². The molecule has 8 heteroatoms. The number of hydrogen-bond donors (Lipinski definition) is 2. The second-order valence-corrected chi connectivity index (χ2v) is 8.34. The van der Waals surface area contributed by atoms with Gasteiger partial charge in [0, 0.05) is 29.5 Å². The molecule has 0 bridgehead atoms. The van der Waals surface area contributed by atoms with Crippen molar-refractivity contribution in [2.75, 3.05) is 13.1 Å². The zero-order chi connectivity index (χ0) is 21.9. The summed E-state index contributed by atoms with van der Waals surface area (Å²) in [5, 5.41) is 25.8. The van der Waals surface area contributed by atoms with Gasteiger partial charge in [0.2, 0.25) is 11.7 Å². The minimum absolute atomic E-state index is 0.188. The summed E-state index contributed by atoms with van der Waals surface area (Å²) in [6.07, 6.45) is 1.33. The van der Waals surface area contributed by atoms with Crippen LogP contribution in [0.2, 0.25) is 0 Å². The highest BCUT2D eigenvalue weighted by atomic mass is 32.1. The molecule has 4 aromatic rings. The Morgan fingerprint density at radius 1 is 1.00 bits per heavy atom. The molecule has 0 saturated carbocycles. The average Bonchev–Trinajstić information content (AvgIpc) is 3.55. The van der Waals surface area contributed by atoms with Gasteiger partial charge in [-0.25, -0.2) is 4.98 Å². The van der Waals surface area contributed by atoms with Gasteiger partial charge in [0.25, 0.3) is 0 Å². The van der Waals surface area contributed by atoms with Crippen molar-refractivity contribution in [2.45, 2.75) is 12.8 Å². The van der Waals surface area contributed by atoms with Gasteiger partial charge in [-0.15, -0.1) is 11.3 Å². The maximum Gasteiger partial charge on any atom is 0.227 e. The van der Waals surface area contributed by atoms with Crippen LogP contribution in [0.5, 0.6) is 0 Å². The molecular formula is C24H21N5O2S. The van der Waals surface area contributed by atoms with Crippen molar-refractivity contribution < 1.29 is 9.63 Å². The molecule has 0 spiro atoms. The van der Waals surface area contributed by atoms with Crippen molar-refractivity contribution in [1.29, 1.82) is 5.41 Å². The summed E-state index contributed by atoms with van der Waals surface area (Å²) in [5.41, 5.74) is 3.30. The highest BCUT2D eigenvalue weighted by molar-refractivity contribution is 7.11. The maximum atomic E-state index is 10.5. The fraction of sp³-hybridized carbons (Fsp3) is 0.167. The van der Waals surface area contributed by atoms with E-state index in [1.54, 1.807) is 0 Å². The first-order chi connectivity index (χ1) is 15.7. The topological polar surface area (TPSA) is 99.1 Å². The van der Waals surface area contributed by atoms with Crippen LogP contribution in [0.25, 0.3) is 28.2 Å². The van der Waals surface area contributed by atoms with Gasteiger partial charge in [-0.3, -0.25) is 5.41 Å². The molecule has 0 saturated heterocycles. The van der Waals surface area contributed by atoms with Crippen molar-refractivity contribution in [1.82, 2.24) is 20.0 Å². The summed E-state index contributed by atoms with van der Waals surface area (Å²) in [4.78, 5) is 11.0. The fourth-order valence-corrected chi connectivity index (χ4v) is 4.56. The van der Waals surface area contributed by atoms with Gasteiger partial charge >= 0.3 is 0 Å². The molecule has 32 heavy (non-hydrogen) atoms. The van der Waals surface area contributed by atoms with E-state index in [1.165, 1.54) is 11.3 Å². The van der Waals surface area contributed by atoms with Crippen molar-refractivity contribution in [2.24, 2.45) is 0 Å². The Balaban J connectivity index is 1.20. The lowest BCUT2D eigenvalue weighted by Crippen LogP contribution is -2.28. The van der Waals surface area contributed by atoms with Gasteiger partial charge in [-0.05, 0) is 6.42 Å². The molecule has 2 N–H and O–H groups in total. The van der Waals surface area contributed by atoms with Crippen molar-refractivity contribution in [3.63, 3.8) is 0 Å². The smallest absolute Gasteiger partial charge is 0.227 e. The normalized spacial score (nSPS) is 13.9. The molecule has 160 valence electrons. The lowest BCUT2D eigenvalue weighted by Gasteiger charge is -2.17. The van der Waals surface area contributed by atoms with Crippen molar-refractivity contribution >= 4 is 22.7 Å². The predicted molar refractivity (Wildman–Crippen MR) is 124 cm³/mol. The van der Waals surface area contributed by atoms with E-state index in [9.17, 15) is 5.11 Å². The SMILES string of the molecule is N=C1C(c2nc(-c3ccccc3)cs2)=C(O)CN1CCCc1nc(-c2ccccc2)no1. The van der Waals surface area contributed by atoms with E-state index in [2.05, 4.69) is 15.1 Å². The van der Waals surface area contributed by atoms with Crippen LogP contribution in [0.3, 0.4) is 0 Å². The summed E-state index contributed by atoms with van der Waals surface area (Å²) >= 11 is 1.44. The van der Waals surface area contributed by atoms with Gasteiger partial charge in [0.1, 0.15) is 16.6 Å². The quantitative estimate of drug-likeness (QED) is 0.414. The van der Waals surface area contributed by atoms with Crippen LogP contribution in [0.15, 0.2) is 76.3 Å². The molecule has 0 radical (unpaired) electrons. The Labute approximate surface area is 189 Å². The molecule has 0 unspecified atom stereocenters. The van der Waals surface area contributed by atoms with Crippen LogP contribution >= 0.6 is 11.3 Å². The number of aromatic nitrogens is 3. The molecular weight excluding hydrogens is 422 g/mol. The van der Waals surface area contributed by atoms with Gasteiger partial charge in [0.15, 0.2) is 0 Å². The van der Waals surface area contributed by atoms with E-state index >= 15 is 0 Å². The van der Waals surface area contributed by atoms with Crippen LogP contribution in [-0.4, -0.2) is 44.1 Å². The number of nitrogens with zero attached hydrogens (tertiary/aromatic N) is 4. The Morgan fingerprint density at radius 2 is 1.72 bits per heavy atom. The summed E-state index contributed by atoms with van der Waals surface area (Å²) in [5.74, 6) is 1.63. The van der Waals surface area contributed by atoms with E-state index in [-0.39, 0.29) is 5.76 Å². The molecule has 0 fully saturated rings. The third-order valence-corrected chi connectivity index (χ3v) is 6.15. The van der Waals surface area contributed by atoms with E-state index in [1.807, 2.05) is 70.9 Å². The van der Waals surface area contributed by atoms with E-state index in [0.717, 1.165) is 23.2 Å². The second-order valence-electron chi connectivity index (χ2n) is 7.48. The standard InChI is InChI=1S/C24H21N5O2S/c25-22-21(24-26-18(15-32-24)16-8-3-1-4-9-16)19(30)14-29(22)13-7-12-20-27-23(28-31-20)17-10-5-2-6-11-17/h1-6,8-11,15,25,30H,7,12-14H2.